The van der Waals surface area contributed by atoms with E-state index in [9.17, 15) is 18.0 Å². The number of anilines is 1. The number of amides is 2. The van der Waals surface area contributed by atoms with Crippen LogP contribution in [0.15, 0.2) is 24.3 Å². The number of hydrogen-bond acceptors (Lipinski definition) is 4. The standard InChI is InChI=1S/C16H22N2O4S/c1-11-5-4-6-12(9-11)17-14(19)16(2,3)15(20)18-13-7-8-23(21,22)10-13/h4-6,9,13H,7-8,10H2,1-3H3,(H,17,19)(H,18,20). The molecule has 1 atom stereocenters. The average Bonchev–Trinajstić information content (AvgIpc) is 2.77. The van der Waals surface area contributed by atoms with Gasteiger partial charge in [0.1, 0.15) is 5.41 Å². The van der Waals surface area contributed by atoms with Crippen molar-refractivity contribution in [2.45, 2.75) is 33.2 Å². The SMILES string of the molecule is Cc1cccc(NC(=O)C(C)(C)C(=O)NC2CCS(=O)(=O)C2)c1. The Morgan fingerprint density at radius 1 is 1.22 bits per heavy atom. The van der Waals surface area contributed by atoms with E-state index in [4.69, 9.17) is 0 Å². The zero-order valence-corrected chi connectivity index (χ0v) is 14.4. The molecule has 0 spiro atoms. The highest BCUT2D eigenvalue weighted by atomic mass is 32.2. The van der Waals surface area contributed by atoms with Crippen molar-refractivity contribution in [2.75, 3.05) is 16.8 Å². The molecule has 1 heterocycles. The van der Waals surface area contributed by atoms with Gasteiger partial charge in [0.2, 0.25) is 11.8 Å². The van der Waals surface area contributed by atoms with Crippen LogP contribution in [0.1, 0.15) is 25.8 Å². The maximum absolute atomic E-state index is 12.4. The van der Waals surface area contributed by atoms with Crippen molar-refractivity contribution < 1.29 is 18.0 Å². The maximum atomic E-state index is 12.4. The summed E-state index contributed by atoms with van der Waals surface area (Å²) in [5.74, 6) is -0.881. The summed E-state index contributed by atoms with van der Waals surface area (Å²) in [4.78, 5) is 24.8. The molecule has 23 heavy (non-hydrogen) atoms. The van der Waals surface area contributed by atoms with E-state index in [0.29, 0.717) is 12.1 Å². The molecule has 0 saturated carbocycles. The van der Waals surface area contributed by atoms with Crippen LogP contribution < -0.4 is 10.6 Å². The number of hydrogen-bond donors (Lipinski definition) is 2. The summed E-state index contributed by atoms with van der Waals surface area (Å²) in [5.41, 5.74) is 0.330. The molecule has 0 radical (unpaired) electrons. The minimum Gasteiger partial charge on any atom is -0.351 e. The van der Waals surface area contributed by atoms with E-state index in [2.05, 4.69) is 10.6 Å². The Balaban J connectivity index is 2.01. The van der Waals surface area contributed by atoms with Gasteiger partial charge in [-0.15, -0.1) is 0 Å². The minimum absolute atomic E-state index is 0.0612. The first-order chi connectivity index (χ1) is 10.6. The van der Waals surface area contributed by atoms with Crippen molar-refractivity contribution in [3.63, 3.8) is 0 Å². The molecule has 1 aliphatic rings. The molecule has 1 aromatic carbocycles. The van der Waals surface area contributed by atoms with Gasteiger partial charge in [0.15, 0.2) is 9.84 Å². The van der Waals surface area contributed by atoms with Gasteiger partial charge in [0.25, 0.3) is 0 Å². The van der Waals surface area contributed by atoms with Crippen LogP contribution in [0.2, 0.25) is 0 Å². The second kappa shape index (κ2) is 6.31. The molecule has 126 valence electrons. The summed E-state index contributed by atoms with van der Waals surface area (Å²) >= 11 is 0. The monoisotopic (exact) mass is 338 g/mol. The fourth-order valence-corrected chi connectivity index (χ4v) is 4.06. The lowest BCUT2D eigenvalue weighted by Gasteiger charge is -2.24. The second-order valence-corrected chi connectivity index (χ2v) is 8.75. The molecule has 1 aromatic rings. The molecule has 0 aromatic heterocycles. The normalized spacial score (nSPS) is 20.0. The largest absolute Gasteiger partial charge is 0.351 e. The van der Waals surface area contributed by atoms with Crippen molar-refractivity contribution in [3.8, 4) is 0 Å². The van der Waals surface area contributed by atoms with E-state index in [1.165, 1.54) is 13.8 Å². The van der Waals surface area contributed by atoms with E-state index >= 15 is 0 Å². The summed E-state index contributed by atoms with van der Waals surface area (Å²) in [6, 6.07) is 6.88. The first kappa shape index (κ1) is 17.5. The van der Waals surface area contributed by atoms with Crippen molar-refractivity contribution in [2.24, 2.45) is 5.41 Å². The lowest BCUT2D eigenvalue weighted by atomic mass is 9.90. The highest BCUT2D eigenvalue weighted by molar-refractivity contribution is 7.91. The Bertz CT molecular complexity index is 725. The van der Waals surface area contributed by atoms with Gasteiger partial charge in [-0.1, -0.05) is 12.1 Å². The second-order valence-electron chi connectivity index (χ2n) is 6.52. The van der Waals surface area contributed by atoms with E-state index in [1.807, 2.05) is 25.1 Å². The highest BCUT2D eigenvalue weighted by Crippen LogP contribution is 2.21. The van der Waals surface area contributed by atoms with E-state index in [1.54, 1.807) is 6.07 Å². The Kier molecular flexibility index (Phi) is 4.79. The van der Waals surface area contributed by atoms with Crippen LogP contribution in [0.25, 0.3) is 0 Å². The summed E-state index contributed by atoms with van der Waals surface area (Å²) in [5, 5.41) is 5.40. The highest BCUT2D eigenvalue weighted by Gasteiger charge is 2.39. The molecule has 0 aliphatic carbocycles. The third-order valence-electron chi connectivity index (χ3n) is 3.98. The van der Waals surface area contributed by atoms with E-state index in [-0.39, 0.29) is 11.5 Å². The van der Waals surface area contributed by atoms with Gasteiger partial charge >= 0.3 is 0 Å². The first-order valence-corrected chi connectivity index (χ1v) is 9.32. The smallest absolute Gasteiger partial charge is 0.239 e. The van der Waals surface area contributed by atoms with Crippen LogP contribution in [0.3, 0.4) is 0 Å². The van der Waals surface area contributed by atoms with Crippen LogP contribution in [-0.2, 0) is 19.4 Å². The molecule has 1 unspecified atom stereocenters. The molecular formula is C16H22N2O4S. The van der Waals surface area contributed by atoms with E-state index in [0.717, 1.165) is 5.56 Å². The molecule has 2 rings (SSSR count). The Morgan fingerprint density at radius 2 is 1.91 bits per heavy atom. The number of benzene rings is 1. The van der Waals surface area contributed by atoms with Crippen LogP contribution in [0, 0.1) is 12.3 Å². The van der Waals surface area contributed by atoms with Crippen LogP contribution in [0.4, 0.5) is 5.69 Å². The molecule has 2 amide bonds. The average molecular weight is 338 g/mol. The lowest BCUT2D eigenvalue weighted by molar-refractivity contribution is -0.138. The lowest BCUT2D eigenvalue weighted by Crippen LogP contribution is -2.48. The van der Waals surface area contributed by atoms with E-state index < -0.39 is 33.1 Å². The Morgan fingerprint density at radius 3 is 2.48 bits per heavy atom. The molecule has 7 heteroatoms. The van der Waals surface area contributed by atoms with Gasteiger partial charge in [-0.2, -0.15) is 0 Å². The number of carbonyl (C=O) groups excluding carboxylic acids is 2. The van der Waals surface area contributed by atoms with Crippen molar-refractivity contribution in [3.05, 3.63) is 29.8 Å². The van der Waals surface area contributed by atoms with Crippen LogP contribution in [-0.4, -0.2) is 37.8 Å². The molecule has 1 saturated heterocycles. The number of sulfone groups is 1. The van der Waals surface area contributed by atoms with Gasteiger partial charge in [-0.05, 0) is 44.9 Å². The van der Waals surface area contributed by atoms with Crippen molar-refractivity contribution in [1.29, 1.82) is 0 Å². The van der Waals surface area contributed by atoms with Gasteiger partial charge in [-0.3, -0.25) is 9.59 Å². The van der Waals surface area contributed by atoms with Gasteiger partial charge in [-0.25, -0.2) is 8.42 Å². The van der Waals surface area contributed by atoms with Crippen molar-refractivity contribution >= 4 is 27.3 Å². The van der Waals surface area contributed by atoms with Crippen LogP contribution in [0.5, 0.6) is 0 Å². The molecule has 2 N–H and O–H groups in total. The summed E-state index contributed by atoms with van der Waals surface area (Å²) in [7, 11) is -3.08. The Hall–Kier alpha value is -1.89. The molecule has 6 nitrogen and oxygen atoms in total. The maximum Gasteiger partial charge on any atom is 0.239 e. The third-order valence-corrected chi connectivity index (χ3v) is 5.75. The van der Waals surface area contributed by atoms with Crippen molar-refractivity contribution in [1.82, 2.24) is 5.32 Å². The number of aryl methyl sites for hydroxylation is 1. The number of rotatable bonds is 4. The molecule has 1 fully saturated rings. The zero-order valence-electron chi connectivity index (χ0n) is 13.5. The summed E-state index contributed by atoms with van der Waals surface area (Å²) in [6.07, 6.45) is 0.393. The third kappa shape index (κ3) is 4.31. The van der Waals surface area contributed by atoms with Gasteiger partial charge in [0, 0.05) is 11.7 Å². The minimum atomic E-state index is -3.08. The predicted octanol–water partition coefficient (Wildman–Crippen LogP) is 1.26. The Labute approximate surface area is 136 Å². The zero-order chi connectivity index (χ0) is 17.3. The fourth-order valence-electron chi connectivity index (χ4n) is 2.39. The quantitative estimate of drug-likeness (QED) is 0.809. The van der Waals surface area contributed by atoms with Gasteiger partial charge in [0.05, 0.1) is 11.5 Å². The van der Waals surface area contributed by atoms with Gasteiger partial charge < -0.3 is 10.6 Å². The fraction of sp³-hybridized carbons (Fsp3) is 0.500. The first-order valence-electron chi connectivity index (χ1n) is 7.50. The predicted molar refractivity (Wildman–Crippen MR) is 88.8 cm³/mol. The topological polar surface area (TPSA) is 92.3 Å². The molecule has 1 aliphatic heterocycles. The number of carbonyl (C=O) groups is 2. The summed E-state index contributed by atoms with van der Waals surface area (Å²) < 4.78 is 22.9. The molecular weight excluding hydrogens is 316 g/mol. The van der Waals surface area contributed by atoms with Crippen LogP contribution >= 0.6 is 0 Å². The molecule has 0 bridgehead atoms. The summed E-state index contributed by atoms with van der Waals surface area (Å²) in [6.45, 7) is 4.96. The number of nitrogens with one attached hydrogen (secondary N) is 2.